The molecule has 3 aromatic carbocycles. The maximum Gasteiger partial charge on any atom is 0.416 e. The molecular formula is C30H31Cl3F3N3O4S. The van der Waals surface area contributed by atoms with Gasteiger partial charge in [0.25, 0.3) is 10.0 Å². The van der Waals surface area contributed by atoms with Crippen molar-refractivity contribution < 1.29 is 31.2 Å². The summed E-state index contributed by atoms with van der Waals surface area (Å²) in [6, 6.07) is 12.7. The van der Waals surface area contributed by atoms with E-state index in [4.69, 9.17) is 34.8 Å². The van der Waals surface area contributed by atoms with Crippen molar-refractivity contribution in [2.75, 3.05) is 17.4 Å². The molecule has 1 N–H and O–H groups in total. The minimum atomic E-state index is -4.83. The Hall–Kier alpha value is -2.99. The number of hydrogen-bond donors (Lipinski definition) is 1. The van der Waals surface area contributed by atoms with Crippen molar-refractivity contribution in [1.29, 1.82) is 0 Å². The molecule has 0 unspecified atom stereocenters. The van der Waals surface area contributed by atoms with Gasteiger partial charge in [0.15, 0.2) is 0 Å². The Morgan fingerprint density at radius 3 is 2.11 bits per heavy atom. The van der Waals surface area contributed by atoms with Crippen LogP contribution in [-0.4, -0.2) is 44.3 Å². The lowest BCUT2D eigenvalue weighted by Gasteiger charge is -2.33. The molecule has 7 nitrogen and oxygen atoms in total. The van der Waals surface area contributed by atoms with Crippen molar-refractivity contribution in [3.63, 3.8) is 0 Å². The van der Waals surface area contributed by atoms with E-state index in [1.165, 1.54) is 41.3 Å². The molecule has 0 aliphatic heterocycles. The third-order valence-corrected chi connectivity index (χ3v) is 9.39. The number of carbonyl (C=O) groups is 2. The quantitative estimate of drug-likeness (QED) is 0.214. The molecule has 0 aliphatic carbocycles. The molecule has 2 amide bonds. The van der Waals surface area contributed by atoms with Crippen LogP contribution >= 0.6 is 34.8 Å². The number of anilines is 1. The topological polar surface area (TPSA) is 86.8 Å². The van der Waals surface area contributed by atoms with E-state index in [0.29, 0.717) is 28.5 Å². The number of carbonyl (C=O) groups excluding carboxylic acids is 2. The first-order valence-electron chi connectivity index (χ1n) is 13.5. The first-order valence-corrected chi connectivity index (χ1v) is 16.1. The van der Waals surface area contributed by atoms with Gasteiger partial charge in [-0.05, 0) is 60.4 Å². The lowest BCUT2D eigenvalue weighted by atomic mass is 10.1. The van der Waals surface area contributed by atoms with Gasteiger partial charge >= 0.3 is 6.18 Å². The van der Waals surface area contributed by atoms with Crippen LogP contribution in [0.1, 0.15) is 38.3 Å². The highest BCUT2D eigenvalue weighted by atomic mass is 35.5. The molecule has 0 aliphatic rings. The van der Waals surface area contributed by atoms with Gasteiger partial charge in [0, 0.05) is 13.1 Å². The first-order chi connectivity index (χ1) is 20.6. The molecule has 0 bridgehead atoms. The highest BCUT2D eigenvalue weighted by molar-refractivity contribution is 7.92. The second kappa shape index (κ2) is 14.9. The predicted octanol–water partition coefficient (Wildman–Crippen LogP) is 7.44. The molecule has 0 saturated heterocycles. The molecular weight excluding hydrogens is 662 g/mol. The second-order valence-electron chi connectivity index (χ2n) is 10.3. The summed E-state index contributed by atoms with van der Waals surface area (Å²) in [5, 5.41) is 2.91. The molecule has 0 spiro atoms. The van der Waals surface area contributed by atoms with Crippen molar-refractivity contribution >= 4 is 62.3 Å². The van der Waals surface area contributed by atoms with Crippen LogP contribution in [0.5, 0.6) is 0 Å². The Morgan fingerprint density at radius 2 is 1.55 bits per heavy atom. The van der Waals surface area contributed by atoms with E-state index in [1.807, 2.05) is 13.8 Å². The van der Waals surface area contributed by atoms with Gasteiger partial charge in [-0.3, -0.25) is 13.9 Å². The summed E-state index contributed by atoms with van der Waals surface area (Å²) in [5.74, 6) is -1.25. The molecule has 0 heterocycles. The highest BCUT2D eigenvalue weighted by Crippen LogP contribution is 2.37. The zero-order valence-corrected chi connectivity index (χ0v) is 27.1. The third kappa shape index (κ3) is 8.80. The molecule has 3 rings (SSSR count). The van der Waals surface area contributed by atoms with Crippen LogP contribution in [0.25, 0.3) is 0 Å². The van der Waals surface area contributed by atoms with Gasteiger partial charge in [0.2, 0.25) is 11.8 Å². The van der Waals surface area contributed by atoms with E-state index in [-0.39, 0.29) is 38.8 Å². The number of halogens is 6. The van der Waals surface area contributed by atoms with E-state index in [9.17, 15) is 31.2 Å². The lowest BCUT2D eigenvalue weighted by Crippen LogP contribution is -2.52. The Balaban J connectivity index is 2.15. The molecule has 0 saturated carbocycles. The fraction of sp³-hybridized carbons (Fsp3) is 0.333. The summed E-state index contributed by atoms with van der Waals surface area (Å²) >= 11 is 18.5. The lowest BCUT2D eigenvalue weighted by molar-refractivity contribution is -0.140. The zero-order chi connectivity index (χ0) is 32.8. The van der Waals surface area contributed by atoms with E-state index in [1.54, 1.807) is 19.1 Å². The maximum atomic E-state index is 14.1. The molecule has 44 heavy (non-hydrogen) atoms. The molecule has 0 aromatic heterocycles. The average Bonchev–Trinajstić information content (AvgIpc) is 2.96. The second-order valence-corrected chi connectivity index (χ2v) is 13.4. The largest absolute Gasteiger partial charge is 0.416 e. The normalized spacial score (nSPS) is 12.6. The van der Waals surface area contributed by atoms with E-state index >= 15 is 0 Å². The van der Waals surface area contributed by atoms with E-state index < -0.39 is 51.9 Å². The minimum absolute atomic E-state index is 0.102. The van der Waals surface area contributed by atoms with Gasteiger partial charge in [0.1, 0.15) is 12.6 Å². The predicted molar refractivity (Wildman–Crippen MR) is 166 cm³/mol. The van der Waals surface area contributed by atoms with Gasteiger partial charge in [-0.2, -0.15) is 13.2 Å². The van der Waals surface area contributed by atoms with Gasteiger partial charge in [-0.25, -0.2) is 8.42 Å². The van der Waals surface area contributed by atoms with E-state index in [2.05, 4.69) is 5.32 Å². The summed E-state index contributed by atoms with van der Waals surface area (Å²) in [6.45, 7) is 4.64. The van der Waals surface area contributed by atoms with Crippen molar-refractivity contribution in [2.24, 2.45) is 5.92 Å². The Kier molecular flexibility index (Phi) is 12.0. The van der Waals surface area contributed by atoms with Gasteiger partial charge in [-0.15, -0.1) is 0 Å². The van der Waals surface area contributed by atoms with Crippen LogP contribution < -0.4 is 9.62 Å². The molecule has 1 atom stereocenters. The standard InChI is InChI=1S/C30H31Cl3F3N3O4S/c1-4-26(29(41)37-16-19(2)3)38(17-20-10-12-23(31)25(33)14-20)28(40)18-39(44(42,43)22-8-6-5-7-9-22)27-15-21(30(34,35)36)11-13-24(27)32/h5-15,19,26H,4,16-18H2,1-3H3,(H,37,41)/t26-/m1/s1. The number of nitrogens with one attached hydrogen (secondary N) is 1. The van der Waals surface area contributed by atoms with Crippen LogP contribution in [0.4, 0.5) is 18.9 Å². The van der Waals surface area contributed by atoms with Gasteiger partial charge in [0.05, 0.1) is 31.2 Å². The van der Waals surface area contributed by atoms with Crippen molar-refractivity contribution in [3.8, 4) is 0 Å². The van der Waals surface area contributed by atoms with Gasteiger partial charge < -0.3 is 10.2 Å². The summed E-state index contributed by atoms with van der Waals surface area (Å²) < 4.78 is 69.4. The van der Waals surface area contributed by atoms with E-state index in [0.717, 1.165) is 6.07 Å². The minimum Gasteiger partial charge on any atom is -0.354 e. The number of hydrogen-bond acceptors (Lipinski definition) is 4. The summed E-state index contributed by atoms with van der Waals surface area (Å²) in [4.78, 5) is 28.3. The zero-order valence-electron chi connectivity index (χ0n) is 24.0. The first kappa shape index (κ1) is 35.5. The SMILES string of the molecule is CC[C@H](C(=O)NCC(C)C)N(Cc1ccc(Cl)c(Cl)c1)C(=O)CN(c1cc(C(F)(F)F)ccc1Cl)S(=O)(=O)c1ccccc1. The van der Waals surface area contributed by atoms with Crippen LogP contribution in [-0.2, 0) is 32.3 Å². The molecule has 14 heteroatoms. The Labute approximate surface area is 269 Å². The number of rotatable bonds is 12. The molecule has 238 valence electrons. The summed E-state index contributed by atoms with van der Waals surface area (Å²) in [7, 11) is -4.63. The summed E-state index contributed by atoms with van der Waals surface area (Å²) in [6.07, 6.45) is -4.68. The monoisotopic (exact) mass is 691 g/mol. The average molecular weight is 693 g/mol. The number of alkyl halides is 3. The van der Waals surface area contributed by atoms with Crippen LogP contribution in [0.3, 0.4) is 0 Å². The number of nitrogens with zero attached hydrogens (tertiary/aromatic N) is 2. The fourth-order valence-electron chi connectivity index (χ4n) is 4.29. The highest BCUT2D eigenvalue weighted by Gasteiger charge is 2.37. The molecule has 3 aromatic rings. The van der Waals surface area contributed by atoms with Crippen molar-refractivity contribution in [2.45, 2.75) is 50.9 Å². The van der Waals surface area contributed by atoms with Crippen LogP contribution in [0.15, 0.2) is 71.6 Å². The number of sulfonamides is 1. The fourth-order valence-corrected chi connectivity index (χ4v) is 6.33. The molecule has 0 fully saturated rings. The number of benzene rings is 3. The maximum absolute atomic E-state index is 14.1. The molecule has 0 radical (unpaired) electrons. The van der Waals surface area contributed by atoms with Crippen molar-refractivity contribution in [1.82, 2.24) is 10.2 Å². The Morgan fingerprint density at radius 1 is 0.909 bits per heavy atom. The third-order valence-electron chi connectivity index (χ3n) is 6.56. The Bertz CT molecular complexity index is 1590. The van der Waals surface area contributed by atoms with Crippen molar-refractivity contribution in [3.05, 3.63) is 92.9 Å². The van der Waals surface area contributed by atoms with Crippen LogP contribution in [0.2, 0.25) is 15.1 Å². The smallest absolute Gasteiger partial charge is 0.354 e. The van der Waals surface area contributed by atoms with Crippen LogP contribution in [0, 0.1) is 5.92 Å². The van der Waals surface area contributed by atoms with Gasteiger partial charge in [-0.1, -0.05) is 79.8 Å². The number of amides is 2. The summed E-state index contributed by atoms with van der Waals surface area (Å²) in [5.41, 5.74) is -1.23.